The molecule has 2 unspecified atom stereocenters. The lowest BCUT2D eigenvalue weighted by atomic mass is 9.49. The quantitative estimate of drug-likeness (QED) is 0.780. The minimum atomic E-state index is -0.300. The van der Waals surface area contributed by atoms with Gasteiger partial charge in [0, 0.05) is 10.9 Å². The van der Waals surface area contributed by atoms with Crippen LogP contribution in [0.5, 0.6) is 0 Å². The van der Waals surface area contributed by atoms with Crippen molar-refractivity contribution in [3.05, 3.63) is 0 Å². The van der Waals surface area contributed by atoms with Crippen molar-refractivity contribution in [1.29, 1.82) is 0 Å². The van der Waals surface area contributed by atoms with E-state index in [9.17, 15) is 9.59 Å². The second-order valence-electron chi connectivity index (χ2n) is 7.92. The predicted octanol–water partition coefficient (Wildman–Crippen LogP) is 1.96. The molecule has 5 heteroatoms. The topological polar surface area (TPSA) is 58.2 Å². The van der Waals surface area contributed by atoms with Crippen molar-refractivity contribution >= 4 is 23.4 Å². The molecule has 0 spiro atoms. The summed E-state index contributed by atoms with van der Waals surface area (Å²) in [6.07, 6.45) is 8.26. The van der Waals surface area contributed by atoms with Gasteiger partial charge < -0.3 is 10.6 Å². The van der Waals surface area contributed by atoms with Crippen molar-refractivity contribution in [3.8, 4) is 0 Å². The average molecular weight is 311 g/mol. The van der Waals surface area contributed by atoms with Crippen LogP contribution in [0.15, 0.2) is 0 Å². The molecular weight excluding hydrogens is 288 g/mol. The lowest BCUT2D eigenvalue weighted by Gasteiger charge is -2.59. The molecule has 2 amide bonds. The predicted molar refractivity (Wildman–Crippen MR) is 79.9 cm³/mol. The van der Waals surface area contributed by atoms with Crippen LogP contribution in [0.3, 0.4) is 0 Å². The van der Waals surface area contributed by atoms with Crippen LogP contribution >= 0.6 is 11.6 Å². The van der Waals surface area contributed by atoms with E-state index in [1.807, 2.05) is 0 Å². The lowest BCUT2D eigenvalue weighted by Crippen LogP contribution is -2.59. The summed E-state index contributed by atoms with van der Waals surface area (Å²) in [4.78, 5) is 24.3. The van der Waals surface area contributed by atoms with Crippen molar-refractivity contribution < 1.29 is 9.59 Å². The Morgan fingerprint density at radius 2 is 1.76 bits per heavy atom. The Morgan fingerprint density at radius 3 is 2.33 bits per heavy atom. The Bertz CT molecular complexity index is 475. The minimum Gasteiger partial charge on any atom is -0.352 e. The molecular formula is C16H23ClN2O2. The molecule has 5 aliphatic carbocycles. The van der Waals surface area contributed by atoms with Crippen molar-refractivity contribution in [2.45, 2.75) is 62.3 Å². The summed E-state index contributed by atoms with van der Waals surface area (Å²) in [6.45, 7) is 0.113. The maximum Gasteiger partial charge on any atom is 0.239 e. The standard InChI is InChI=1S/C16H23ClN2O2/c17-16-6-10-3-11(7-16)5-15(4-10,9-16)14(21)18-8-13(20)19-12-1-2-12/h10-12H,1-9H2,(H,18,21)(H,19,20)/t10-,11+,15?,16?. The van der Waals surface area contributed by atoms with Gasteiger partial charge in [-0.15, -0.1) is 11.6 Å². The van der Waals surface area contributed by atoms with Crippen molar-refractivity contribution in [3.63, 3.8) is 0 Å². The Hall–Kier alpha value is -0.770. The molecule has 5 aliphatic rings. The van der Waals surface area contributed by atoms with Gasteiger partial charge in [-0.1, -0.05) is 0 Å². The van der Waals surface area contributed by atoms with Crippen molar-refractivity contribution in [2.75, 3.05) is 6.54 Å². The monoisotopic (exact) mass is 310 g/mol. The molecule has 0 aromatic carbocycles. The molecule has 2 N–H and O–H groups in total. The molecule has 4 nitrogen and oxygen atoms in total. The lowest BCUT2D eigenvalue weighted by molar-refractivity contribution is -0.145. The number of hydrogen-bond donors (Lipinski definition) is 2. The highest BCUT2D eigenvalue weighted by Crippen LogP contribution is 2.63. The number of halogens is 1. The summed E-state index contributed by atoms with van der Waals surface area (Å²) in [5.74, 6) is 1.22. The third-order valence-electron chi connectivity index (χ3n) is 5.82. The van der Waals surface area contributed by atoms with E-state index >= 15 is 0 Å². The zero-order valence-electron chi connectivity index (χ0n) is 12.3. The van der Waals surface area contributed by atoms with Crippen molar-refractivity contribution in [2.24, 2.45) is 17.3 Å². The maximum absolute atomic E-state index is 12.7. The van der Waals surface area contributed by atoms with E-state index in [2.05, 4.69) is 10.6 Å². The molecule has 5 fully saturated rings. The van der Waals surface area contributed by atoms with Crippen LogP contribution in [0.25, 0.3) is 0 Å². The third kappa shape index (κ3) is 2.56. The van der Waals surface area contributed by atoms with Crippen LogP contribution in [0, 0.1) is 17.3 Å². The van der Waals surface area contributed by atoms with Crippen LogP contribution < -0.4 is 10.6 Å². The number of alkyl halides is 1. The van der Waals surface area contributed by atoms with E-state index in [1.54, 1.807) is 0 Å². The van der Waals surface area contributed by atoms with Crippen LogP contribution in [0.1, 0.15) is 51.4 Å². The van der Waals surface area contributed by atoms with Crippen LogP contribution in [0.4, 0.5) is 0 Å². The summed E-state index contributed by atoms with van der Waals surface area (Å²) >= 11 is 6.75. The summed E-state index contributed by atoms with van der Waals surface area (Å²) in [6, 6.07) is 0.347. The molecule has 0 aromatic rings. The molecule has 0 aromatic heterocycles. The van der Waals surface area contributed by atoms with Gasteiger partial charge in [0.05, 0.1) is 12.0 Å². The number of amides is 2. The highest BCUT2D eigenvalue weighted by molar-refractivity contribution is 6.24. The molecule has 5 saturated carbocycles. The number of carbonyl (C=O) groups is 2. The Kier molecular flexibility index (Phi) is 3.04. The van der Waals surface area contributed by atoms with E-state index < -0.39 is 0 Å². The van der Waals surface area contributed by atoms with E-state index in [0.29, 0.717) is 17.9 Å². The van der Waals surface area contributed by atoms with Gasteiger partial charge in [-0.2, -0.15) is 0 Å². The zero-order valence-corrected chi connectivity index (χ0v) is 13.0. The van der Waals surface area contributed by atoms with Gasteiger partial charge in [0.15, 0.2) is 0 Å². The fourth-order valence-electron chi connectivity index (χ4n) is 5.27. The number of rotatable bonds is 4. The van der Waals surface area contributed by atoms with Gasteiger partial charge >= 0.3 is 0 Å². The normalized spacial score (nSPS) is 43.7. The molecule has 21 heavy (non-hydrogen) atoms. The van der Waals surface area contributed by atoms with Crippen LogP contribution in [-0.4, -0.2) is 29.3 Å². The minimum absolute atomic E-state index is 0.0591. The van der Waals surface area contributed by atoms with E-state index in [4.69, 9.17) is 11.6 Å². The SMILES string of the molecule is O=C(CNC(=O)C12C[C@@H]3C[C@@H](CC(Cl)(C3)C1)C2)NC1CC1. The first-order chi connectivity index (χ1) is 9.96. The van der Waals surface area contributed by atoms with Gasteiger partial charge in [0.2, 0.25) is 11.8 Å². The fourth-order valence-corrected chi connectivity index (χ4v) is 5.96. The number of hydrogen-bond acceptors (Lipinski definition) is 2. The molecule has 4 bridgehead atoms. The molecule has 0 saturated heterocycles. The smallest absolute Gasteiger partial charge is 0.239 e. The fraction of sp³-hybridized carbons (Fsp3) is 0.875. The largest absolute Gasteiger partial charge is 0.352 e. The van der Waals surface area contributed by atoms with E-state index in [1.165, 1.54) is 6.42 Å². The zero-order chi connectivity index (χ0) is 14.7. The Balaban J connectivity index is 1.40. The highest BCUT2D eigenvalue weighted by atomic mass is 35.5. The van der Waals surface area contributed by atoms with Gasteiger partial charge in [-0.05, 0) is 63.2 Å². The molecule has 0 radical (unpaired) electrons. The van der Waals surface area contributed by atoms with Crippen LogP contribution in [0.2, 0.25) is 0 Å². The first kappa shape index (κ1) is 13.9. The van der Waals surface area contributed by atoms with Crippen LogP contribution in [-0.2, 0) is 9.59 Å². The first-order valence-electron chi connectivity index (χ1n) is 8.23. The number of carbonyl (C=O) groups excluding carboxylic acids is 2. The summed E-state index contributed by atoms with van der Waals surface area (Å²) in [5.41, 5.74) is -0.300. The third-order valence-corrected chi connectivity index (χ3v) is 6.27. The molecule has 116 valence electrons. The van der Waals surface area contributed by atoms with E-state index in [0.717, 1.165) is 44.9 Å². The molecule has 0 aliphatic heterocycles. The maximum atomic E-state index is 12.7. The summed E-state index contributed by atoms with van der Waals surface area (Å²) in [7, 11) is 0. The Morgan fingerprint density at radius 1 is 1.10 bits per heavy atom. The van der Waals surface area contributed by atoms with Gasteiger partial charge in [0.1, 0.15) is 0 Å². The second kappa shape index (κ2) is 4.61. The van der Waals surface area contributed by atoms with Crippen molar-refractivity contribution in [1.82, 2.24) is 10.6 Å². The first-order valence-corrected chi connectivity index (χ1v) is 8.61. The highest BCUT2D eigenvalue weighted by Gasteiger charge is 2.60. The molecule has 0 heterocycles. The van der Waals surface area contributed by atoms with Gasteiger partial charge in [-0.25, -0.2) is 0 Å². The van der Waals surface area contributed by atoms with E-state index in [-0.39, 0.29) is 28.6 Å². The number of nitrogens with one attached hydrogen (secondary N) is 2. The second-order valence-corrected chi connectivity index (χ2v) is 8.72. The Labute approximate surface area is 130 Å². The van der Waals surface area contributed by atoms with Gasteiger partial charge in [0.25, 0.3) is 0 Å². The average Bonchev–Trinajstić information content (AvgIpc) is 3.16. The molecule has 5 rings (SSSR count). The van der Waals surface area contributed by atoms with Gasteiger partial charge in [-0.3, -0.25) is 9.59 Å². The molecule has 4 atom stereocenters. The summed E-state index contributed by atoms with van der Waals surface area (Å²) in [5, 5.41) is 5.79. The summed E-state index contributed by atoms with van der Waals surface area (Å²) < 4.78 is 0.